The summed E-state index contributed by atoms with van der Waals surface area (Å²) in [6.45, 7) is 0.995. The molecule has 0 spiro atoms. The van der Waals surface area contributed by atoms with E-state index in [0.29, 0.717) is 12.0 Å². The second-order valence-electron chi connectivity index (χ2n) is 4.74. The van der Waals surface area contributed by atoms with Crippen molar-refractivity contribution in [3.05, 3.63) is 29.8 Å². The molecule has 20 heavy (non-hydrogen) atoms. The van der Waals surface area contributed by atoms with Crippen LogP contribution in [0.3, 0.4) is 0 Å². The van der Waals surface area contributed by atoms with E-state index in [9.17, 15) is 13.6 Å². The molecule has 0 fully saturated rings. The molecule has 0 aromatic heterocycles. The first-order valence-electron chi connectivity index (χ1n) is 6.40. The molecule has 0 radical (unpaired) electrons. The van der Waals surface area contributed by atoms with Crippen molar-refractivity contribution >= 4 is 5.91 Å². The Hall–Kier alpha value is -1.69. The molecular formula is C14H19F2NO3. The summed E-state index contributed by atoms with van der Waals surface area (Å²) in [5.41, 5.74) is 0.357. The molecule has 6 heteroatoms. The average molecular weight is 287 g/mol. The van der Waals surface area contributed by atoms with Crippen LogP contribution in [0.25, 0.3) is 0 Å². The highest BCUT2D eigenvalue weighted by Crippen LogP contribution is 2.15. The maximum Gasteiger partial charge on any atom is 0.387 e. The van der Waals surface area contributed by atoms with Crippen LogP contribution in [0.4, 0.5) is 8.78 Å². The van der Waals surface area contributed by atoms with E-state index in [2.05, 4.69) is 10.1 Å². The molecule has 0 heterocycles. The number of alkyl halides is 2. The van der Waals surface area contributed by atoms with Gasteiger partial charge in [-0.3, -0.25) is 4.79 Å². The number of rotatable bonds is 7. The summed E-state index contributed by atoms with van der Waals surface area (Å²) < 4.78 is 28.2. The van der Waals surface area contributed by atoms with Crippen molar-refractivity contribution in [3.63, 3.8) is 0 Å². The standard InChI is InChI=1S/C14H19F2NO3/c1-9(2)12(7-8-18)17-13(19)10-3-5-11(6-4-10)20-14(15)16/h3-6,9,12,14,18H,7-8H2,1-2H3,(H,17,19). The van der Waals surface area contributed by atoms with Gasteiger partial charge in [0.2, 0.25) is 0 Å². The Morgan fingerprint density at radius 3 is 2.35 bits per heavy atom. The molecule has 0 aliphatic rings. The first-order valence-corrected chi connectivity index (χ1v) is 6.40. The Morgan fingerprint density at radius 2 is 1.90 bits per heavy atom. The number of ether oxygens (including phenoxy) is 1. The lowest BCUT2D eigenvalue weighted by molar-refractivity contribution is -0.0498. The number of amides is 1. The lowest BCUT2D eigenvalue weighted by atomic mass is 10.0. The fourth-order valence-electron chi connectivity index (χ4n) is 1.75. The van der Waals surface area contributed by atoms with Gasteiger partial charge in [0.25, 0.3) is 5.91 Å². The van der Waals surface area contributed by atoms with Gasteiger partial charge in [0.15, 0.2) is 0 Å². The highest BCUT2D eigenvalue weighted by atomic mass is 19.3. The normalized spacial score (nSPS) is 12.6. The molecular weight excluding hydrogens is 268 g/mol. The highest BCUT2D eigenvalue weighted by Gasteiger charge is 2.16. The quantitative estimate of drug-likeness (QED) is 0.809. The molecule has 1 aromatic rings. The summed E-state index contributed by atoms with van der Waals surface area (Å²) in [5.74, 6) is -0.111. The number of nitrogens with one attached hydrogen (secondary N) is 1. The van der Waals surface area contributed by atoms with Gasteiger partial charge in [0.1, 0.15) is 5.75 Å². The Bertz CT molecular complexity index is 421. The Labute approximate surface area is 116 Å². The van der Waals surface area contributed by atoms with E-state index >= 15 is 0 Å². The van der Waals surface area contributed by atoms with Gasteiger partial charge >= 0.3 is 6.61 Å². The molecule has 2 N–H and O–H groups in total. The summed E-state index contributed by atoms with van der Waals surface area (Å²) in [6, 6.07) is 5.34. The number of halogens is 2. The molecule has 0 aliphatic heterocycles. The van der Waals surface area contributed by atoms with Crippen LogP contribution < -0.4 is 10.1 Å². The van der Waals surface area contributed by atoms with Crippen LogP contribution in [0, 0.1) is 5.92 Å². The minimum Gasteiger partial charge on any atom is -0.435 e. The zero-order valence-corrected chi connectivity index (χ0v) is 11.5. The van der Waals surface area contributed by atoms with Crippen molar-refractivity contribution in [1.29, 1.82) is 0 Å². The van der Waals surface area contributed by atoms with Crippen molar-refractivity contribution in [2.45, 2.75) is 32.9 Å². The van der Waals surface area contributed by atoms with Gasteiger partial charge in [0.05, 0.1) is 0 Å². The van der Waals surface area contributed by atoms with Crippen LogP contribution in [-0.4, -0.2) is 30.3 Å². The third-order valence-corrected chi connectivity index (χ3v) is 2.90. The maximum absolute atomic E-state index is 12.0. The van der Waals surface area contributed by atoms with E-state index in [0.717, 1.165) is 0 Å². The summed E-state index contributed by atoms with van der Waals surface area (Å²) in [5, 5.41) is 11.8. The van der Waals surface area contributed by atoms with Gasteiger partial charge in [-0.05, 0) is 36.6 Å². The first-order chi connectivity index (χ1) is 9.43. The number of hydrogen-bond donors (Lipinski definition) is 2. The van der Waals surface area contributed by atoms with Crippen molar-refractivity contribution in [1.82, 2.24) is 5.32 Å². The van der Waals surface area contributed by atoms with Gasteiger partial charge in [-0.25, -0.2) is 0 Å². The molecule has 1 rings (SSSR count). The molecule has 1 aromatic carbocycles. The smallest absolute Gasteiger partial charge is 0.387 e. The monoisotopic (exact) mass is 287 g/mol. The Morgan fingerprint density at radius 1 is 1.30 bits per heavy atom. The molecule has 0 saturated heterocycles. The van der Waals surface area contributed by atoms with E-state index in [4.69, 9.17) is 5.11 Å². The van der Waals surface area contributed by atoms with Crippen LogP contribution in [0.2, 0.25) is 0 Å². The average Bonchev–Trinajstić information content (AvgIpc) is 2.38. The van der Waals surface area contributed by atoms with Crippen molar-refractivity contribution in [3.8, 4) is 5.75 Å². The number of carbonyl (C=O) groups is 1. The van der Waals surface area contributed by atoms with E-state index in [-0.39, 0.29) is 30.2 Å². The van der Waals surface area contributed by atoms with Crippen LogP contribution in [0.5, 0.6) is 5.75 Å². The minimum absolute atomic E-state index is 0.00678. The molecule has 112 valence electrons. The topological polar surface area (TPSA) is 58.6 Å². The van der Waals surface area contributed by atoms with Crippen LogP contribution in [-0.2, 0) is 0 Å². The van der Waals surface area contributed by atoms with Crippen molar-refractivity contribution < 1.29 is 23.4 Å². The number of hydrogen-bond acceptors (Lipinski definition) is 3. The largest absolute Gasteiger partial charge is 0.435 e. The molecule has 0 bridgehead atoms. The van der Waals surface area contributed by atoms with Gasteiger partial charge in [0, 0.05) is 18.2 Å². The number of aliphatic hydroxyl groups excluding tert-OH is 1. The summed E-state index contributed by atoms with van der Waals surface area (Å²) in [4.78, 5) is 12.0. The maximum atomic E-state index is 12.0. The molecule has 0 aliphatic carbocycles. The van der Waals surface area contributed by atoms with Crippen LogP contribution >= 0.6 is 0 Å². The third kappa shape index (κ3) is 5.13. The second-order valence-corrected chi connectivity index (χ2v) is 4.74. The predicted molar refractivity (Wildman–Crippen MR) is 70.9 cm³/mol. The summed E-state index contributed by atoms with van der Waals surface area (Å²) in [7, 11) is 0. The number of carbonyl (C=O) groups excluding carboxylic acids is 1. The second kappa shape index (κ2) is 7.79. The minimum atomic E-state index is -2.88. The van der Waals surface area contributed by atoms with Gasteiger partial charge < -0.3 is 15.2 Å². The van der Waals surface area contributed by atoms with Gasteiger partial charge in [-0.2, -0.15) is 8.78 Å². The van der Waals surface area contributed by atoms with Gasteiger partial charge in [-0.1, -0.05) is 13.8 Å². The van der Waals surface area contributed by atoms with Crippen LogP contribution in [0.1, 0.15) is 30.6 Å². The highest BCUT2D eigenvalue weighted by molar-refractivity contribution is 5.94. The molecule has 0 saturated carbocycles. The fourth-order valence-corrected chi connectivity index (χ4v) is 1.75. The van der Waals surface area contributed by atoms with E-state index < -0.39 is 6.61 Å². The summed E-state index contributed by atoms with van der Waals surface area (Å²) in [6.07, 6.45) is 0.468. The van der Waals surface area contributed by atoms with E-state index in [1.807, 2.05) is 13.8 Å². The third-order valence-electron chi connectivity index (χ3n) is 2.90. The lowest BCUT2D eigenvalue weighted by Crippen LogP contribution is -2.39. The zero-order valence-electron chi connectivity index (χ0n) is 11.5. The molecule has 4 nitrogen and oxygen atoms in total. The fraction of sp³-hybridized carbons (Fsp3) is 0.500. The molecule has 1 amide bonds. The van der Waals surface area contributed by atoms with Crippen molar-refractivity contribution in [2.75, 3.05) is 6.61 Å². The SMILES string of the molecule is CC(C)C(CCO)NC(=O)c1ccc(OC(F)F)cc1. The lowest BCUT2D eigenvalue weighted by Gasteiger charge is -2.21. The zero-order chi connectivity index (χ0) is 15.1. The predicted octanol–water partition coefficient (Wildman–Crippen LogP) is 2.42. The summed E-state index contributed by atoms with van der Waals surface area (Å²) >= 11 is 0. The number of benzene rings is 1. The van der Waals surface area contributed by atoms with Crippen molar-refractivity contribution in [2.24, 2.45) is 5.92 Å². The van der Waals surface area contributed by atoms with Gasteiger partial charge in [-0.15, -0.1) is 0 Å². The Kier molecular flexibility index (Phi) is 6.38. The number of aliphatic hydroxyl groups is 1. The first kappa shape index (κ1) is 16.4. The van der Waals surface area contributed by atoms with E-state index in [1.54, 1.807) is 0 Å². The molecule has 1 atom stereocenters. The van der Waals surface area contributed by atoms with Crippen LogP contribution in [0.15, 0.2) is 24.3 Å². The van der Waals surface area contributed by atoms with E-state index in [1.165, 1.54) is 24.3 Å². The Balaban J connectivity index is 2.67. The molecule has 1 unspecified atom stereocenters.